The first-order valence-electron chi connectivity index (χ1n) is 17.9. The first-order valence-corrected chi connectivity index (χ1v) is 17.9. The van der Waals surface area contributed by atoms with Crippen LogP contribution in [0.4, 0.5) is 0 Å². The largest absolute Gasteiger partial charge is 0.462 e. The fourth-order valence-corrected chi connectivity index (χ4v) is 5.35. The van der Waals surface area contributed by atoms with Gasteiger partial charge in [0, 0.05) is 12.8 Å². The Balaban J connectivity index is 3.40. The molecule has 4 nitrogen and oxygen atoms in total. The number of hydrogen-bond acceptors (Lipinski definition) is 4. The summed E-state index contributed by atoms with van der Waals surface area (Å²) in [5.74, 6) is -0.336. The van der Waals surface area contributed by atoms with Gasteiger partial charge in [-0.15, -0.1) is 0 Å². The summed E-state index contributed by atoms with van der Waals surface area (Å²) in [6.45, 7) is 6.52. The normalized spacial score (nSPS) is 12.0. The molecule has 0 rings (SSSR count). The Bertz CT molecular complexity index is 533. The van der Waals surface area contributed by atoms with Crippen LogP contribution in [0.15, 0.2) is 0 Å². The maximum atomic E-state index is 12.1. The standard InChI is InChI=1S/C36H70O4/c1-4-6-8-10-12-14-16-18-20-21-23-25-27-29-31-35(37)39-33-34(3)40-36(38)32-30-28-26-24-22-19-17-15-13-11-9-7-5-2/h34H,4-33H2,1-3H3. The molecule has 0 spiro atoms. The molecule has 4 heteroatoms. The van der Waals surface area contributed by atoms with Gasteiger partial charge >= 0.3 is 11.9 Å². The molecule has 40 heavy (non-hydrogen) atoms. The molecule has 0 saturated heterocycles. The van der Waals surface area contributed by atoms with Crippen LogP contribution in [0.1, 0.15) is 207 Å². The zero-order valence-corrected chi connectivity index (χ0v) is 27.4. The second kappa shape index (κ2) is 32.5. The van der Waals surface area contributed by atoms with Crippen LogP contribution >= 0.6 is 0 Å². The van der Waals surface area contributed by atoms with E-state index in [-0.39, 0.29) is 24.6 Å². The van der Waals surface area contributed by atoms with E-state index in [4.69, 9.17) is 9.47 Å². The second-order valence-electron chi connectivity index (χ2n) is 12.3. The van der Waals surface area contributed by atoms with E-state index in [9.17, 15) is 9.59 Å². The van der Waals surface area contributed by atoms with Crippen molar-refractivity contribution in [3.05, 3.63) is 0 Å². The number of carbonyl (C=O) groups excluding carboxylic acids is 2. The summed E-state index contributed by atoms with van der Waals surface area (Å²) in [6.07, 6.45) is 35.7. The fourth-order valence-electron chi connectivity index (χ4n) is 5.35. The molecule has 0 amide bonds. The molecule has 0 aromatic heterocycles. The van der Waals surface area contributed by atoms with Gasteiger partial charge in [0.25, 0.3) is 0 Å². The van der Waals surface area contributed by atoms with E-state index < -0.39 is 0 Å². The third-order valence-corrected chi connectivity index (χ3v) is 8.03. The summed E-state index contributed by atoms with van der Waals surface area (Å²) in [5, 5.41) is 0. The van der Waals surface area contributed by atoms with Crippen molar-refractivity contribution < 1.29 is 19.1 Å². The Hall–Kier alpha value is -1.06. The monoisotopic (exact) mass is 567 g/mol. The minimum atomic E-state index is -0.366. The lowest BCUT2D eigenvalue weighted by molar-refractivity contribution is -0.158. The third-order valence-electron chi connectivity index (χ3n) is 8.03. The molecule has 0 radical (unpaired) electrons. The molecule has 0 aliphatic rings. The molecular formula is C36H70O4. The predicted octanol–water partition coefficient (Wildman–Crippen LogP) is 11.8. The molecule has 0 bridgehead atoms. The minimum Gasteiger partial charge on any atom is -0.462 e. The highest BCUT2D eigenvalue weighted by Gasteiger charge is 2.12. The van der Waals surface area contributed by atoms with Crippen molar-refractivity contribution in [2.45, 2.75) is 213 Å². The SMILES string of the molecule is CCCCCCCCCCCCCCCCC(=O)OCC(C)OC(=O)CCCCCCCCCCCCCCC. The van der Waals surface area contributed by atoms with Crippen LogP contribution in [0.5, 0.6) is 0 Å². The molecular weight excluding hydrogens is 496 g/mol. The molecule has 0 aliphatic carbocycles. The van der Waals surface area contributed by atoms with Gasteiger partial charge in [0.15, 0.2) is 0 Å². The van der Waals surface area contributed by atoms with E-state index in [2.05, 4.69) is 13.8 Å². The molecule has 0 aromatic carbocycles. The molecule has 0 aromatic rings. The summed E-state index contributed by atoms with van der Waals surface area (Å²) in [4.78, 5) is 24.1. The summed E-state index contributed by atoms with van der Waals surface area (Å²) >= 11 is 0. The topological polar surface area (TPSA) is 52.6 Å². The quantitative estimate of drug-likeness (QED) is 0.0600. The van der Waals surface area contributed by atoms with Gasteiger partial charge in [-0.25, -0.2) is 0 Å². The second-order valence-corrected chi connectivity index (χ2v) is 12.3. The van der Waals surface area contributed by atoms with Crippen molar-refractivity contribution in [2.75, 3.05) is 6.61 Å². The van der Waals surface area contributed by atoms with Crippen molar-refractivity contribution in [3.8, 4) is 0 Å². The van der Waals surface area contributed by atoms with E-state index >= 15 is 0 Å². The molecule has 0 heterocycles. The lowest BCUT2D eigenvalue weighted by Gasteiger charge is -2.13. The molecule has 0 saturated carbocycles. The van der Waals surface area contributed by atoms with Gasteiger partial charge in [-0.05, 0) is 19.8 Å². The van der Waals surface area contributed by atoms with Crippen LogP contribution < -0.4 is 0 Å². The lowest BCUT2D eigenvalue weighted by atomic mass is 10.0. The molecule has 1 atom stereocenters. The highest BCUT2D eigenvalue weighted by atomic mass is 16.6. The van der Waals surface area contributed by atoms with Crippen LogP contribution in [0.2, 0.25) is 0 Å². The fraction of sp³-hybridized carbons (Fsp3) is 0.944. The van der Waals surface area contributed by atoms with Gasteiger partial charge < -0.3 is 9.47 Å². The van der Waals surface area contributed by atoms with E-state index in [1.807, 2.05) is 6.92 Å². The smallest absolute Gasteiger partial charge is 0.306 e. The average molecular weight is 567 g/mol. The predicted molar refractivity (Wildman–Crippen MR) is 172 cm³/mol. The van der Waals surface area contributed by atoms with E-state index in [0.717, 1.165) is 25.7 Å². The number of rotatable bonds is 32. The summed E-state index contributed by atoms with van der Waals surface area (Å²) in [6, 6.07) is 0. The molecule has 0 fully saturated rings. The van der Waals surface area contributed by atoms with Gasteiger partial charge in [0.05, 0.1) is 0 Å². The number of esters is 2. The Morgan fingerprint density at radius 1 is 0.425 bits per heavy atom. The highest BCUT2D eigenvalue weighted by molar-refractivity contribution is 5.70. The maximum Gasteiger partial charge on any atom is 0.306 e. The lowest BCUT2D eigenvalue weighted by Crippen LogP contribution is -2.22. The van der Waals surface area contributed by atoms with Gasteiger partial charge in [-0.3, -0.25) is 9.59 Å². The Kier molecular flexibility index (Phi) is 31.6. The number of hydrogen-bond donors (Lipinski definition) is 0. The van der Waals surface area contributed by atoms with Crippen molar-refractivity contribution in [2.24, 2.45) is 0 Å². The minimum absolute atomic E-state index is 0.168. The Morgan fingerprint density at radius 3 is 1.02 bits per heavy atom. The molecule has 1 unspecified atom stereocenters. The third kappa shape index (κ3) is 31.5. The summed E-state index contributed by atoms with van der Waals surface area (Å²) in [7, 11) is 0. The first kappa shape index (κ1) is 38.9. The van der Waals surface area contributed by atoms with Crippen molar-refractivity contribution in [3.63, 3.8) is 0 Å². The highest BCUT2D eigenvalue weighted by Crippen LogP contribution is 2.15. The first-order chi connectivity index (χ1) is 19.6. The zero-order valence-electron chi connectivity index (χ0n) is 27.4. The summed E-state index contributed by atoms with van der Waals surface area (Å²) < 4.78 is 10.7. The maximum absolute atomic E-state index is 12.1. The molecule has 0 N–H and O–H groups in total. The zero-order chi connectivity index (χ0) is 29.4. The van der Waals surface area contributed by atoms with Crippen LogP contribution in [0.3, 0.4) is 0 Å². The van der Waals surface area contributed by atoms with Crippen molar-refractivity contribution in [1.29, 1.82) is 0 Å². The van der Waals surface area contributed by atoms with E-state index in [1.54, 1.807) is 0 Å². The summed E-state index contributed by atoms with van der Waals surface area (Å²) in [5.41, 5.74) is 0. The number of carbonyl (C=O) groups is 2. The van der Waals surface area contributed by atoms with Crippen LogP contribution in [0.25, 0.3) is 0 Å². The number of unbranched alkanes of at least 4 members (excludes halogenated alkanes) is 25. The van der Waals surface area contributed by atoms with Crippen LogP contribution in [-0.4, -0.2) is 24.6 Å². The van der Waals surface area contributed by atoms with E-state index in [0.29, 0.717) is 12.8 Å². The van der Waals surface area contributed by atoms with E-state index in [1.165, 1.54) is 148 Å². The van der Waals surface area contributed by atoms with Gasteiger partial charge in [0.1, 0.15) is 12.7 Å². The van der Waals surface area contributed by atoms with Gasteiger partial charge in [-0.2, -0.15) is 0 Å². The van der Waals surface area contributed by atoms with Crippen molar-refractivity contribution >= 4 is 11.9 Å². The van der Waals surface area contributed by atoms with Crippen molar-refractivity contribution in [1.82, 2.24) is 0 Å². The Morgan fingerprint density at radius 2 is 0.700 bits per heavy atom. The van der Waals surface area contributed by atoms with Gasteiger partial charge in [-0.1, -0.05) is 174 Å². The average Bonchev–Trinajstić information content (AvgIpc) is 2.94. The van der Waals surface area contributed by atoms with Gasteiger partial charge in [0.2, 0.25) is 0 Å². The van der Waals surface area contributed by atoms with Crippen LogP contribution in [-0.2, 0) is 19.1 Å². The number of ether oxygens (including phenoxy) is 2. The Labute approximate surface area is 250 Å². The molecule has 238 valence electrons. The van der Waals surface area contributed by atoms with Crippen LogP contribution in [0, 0.1) is 0 Å². The molecule has 0 aliphatic heterocycles.